The van der Waals surface area contributed by atoms with Crippen LogP contribution in [0.1, 0.15) is 17.3 Å². The maximum atomic E-state index is 12.9. The molecule has 0 bridgehead atoms. The molecule has 1 N–H and O–H groups in total. The molecule has 1 aliphatic heterocycles. The van der Waals surface area contributed by atoms with Gasteiger partial charge in [0.2, 0.25) is 5.91 Å². The van der Waals surface area contributed by atoms with Crippen LogP contribution in [0.15, 0.2) is 65.7 Å². The van der Waals surface area contributed by atoms with Crippen LogP contribution in [0.3, 0.4) is 0 Å². The second-order valence-electron chi connectivity index (χ2n) is 7.31. The number of para-hydroxylation sites is 1. The van der Waals surface area contributed by atoms with Gasteiger partial charge in [-0.3, -0.25) is 19.3 Å². The summed E-state index contributed by atoms with van der Waals surface area (Å²) in [5, 5.41) is 0.733. The van der Waals surface area contributed by atoms with Crippen molar-refractivity contribution in [3.63, 3.8) is 0 Å². The summed E-state index contributed by atoms with van der Waals surface area (Å²) >= 11 is 0. The lowest BCUT2D eigenvalue weighted by molar-refractivity contribution is -0.130. The minimum Gasteiger partial charge on any atom is -0.339 e. The molecule has 9 heteroatoms. The van der Waals surface area contributed by atoms with E-state index in [0.29, 0.717) is 42.9 Å². The molecule has 0 atom stereocenters. The third kappa shape index (κ3) is 4.36. The Morgan fingerprint density at radius 2 is 1.55 bits per heavy atom. The highest BCUT2D eigenvalue weighted by Gasteiger charge is 2.23. The summed E-state index contributed by atoms with van der Waals surface area (Å²) in [4.78, 5) is 31.8. The van der Waals surface area contributed by atoms with Crippen LogP contribution in [0.4, 0.5) is 5.69 Å². The second kappa shape index (κ2) is 8.35. The van der Waals surface area contributed by atoms with Crippen molar-refractivity contribution in [2.45, 2.75) is 11.8 Å². The van der Waals surface area contributed by atoms with Crippen LogP contribution >= 0.6 is 0 Å². The number of pyridine rings is 1. The van der Waals surface area contributed by atoms with E-state index in [1.54, 1.807) is 64.5 Å². The molecule has 2 aromatic carbocycles. The van der Waals surface area contributed by atoms with Crippen molar-refractivity contribution >= 4 is 38.4 Å². The Morgan fingerprint density at radius 3 is 2.23 bits per heavy atom. The molecule has 0 unspecified atom stereocenters. The van der Waals surface area contributed by atoms with E-state index in [2.05, 4.69) is 9.71 Å². The Labute approximate surface area is 180 Å². The molecule has 0 radical (unpaired) electrons. The number of piperazine rings is 1. The van der Waals surface area contributed by atoms with E-state index in [1.165, 1.54) is 13.0 Å². The summed E-state index contributed by atoms with van der Waals surface area (Å²) < 4.78 is 28.4. The van der Waals surface area contributed by atoms with Crippen molar-refractivity contribution in [2.75, 3.05) is 30.9 Å². The number of carbonyl (C=O) groups excluding carboxylic acids is 2. The number of nitrogens with zero attached hydrogens (tertiary/aromatic N) is 3. The Kier molecular flexibility index (Phi) is 5.60. The first-order valence-electron chi connectivity index (χ1n) is 9.86. The van der Waals surface area contributed by atoms with Crippen LogP contribution in [0.25, 0.3) is 10.9 Å². The van der Waals surface area contributed by atoms with E-state index in [4.69, 9.17) is 0 Å². The molecule has 160 valence electrons. The lowest BCUT2D eigenvalue weighted by atomic mass is 10.1. The van der Waals surface area contributed by atoms with Gasteiger partial charge in [-0.15, -0.1) is 0 Å². The number of hydrogen-bond acceptors (Lipinski definition) is 5. The number of rotatable bonds is 4. The highest BCUT2D eigenvalue weighted by molar-refractivity contribution is 7.93. The van der Waals surface area contributed by atoms with Gasteiger partial charge in [0.1, 0.15) is 4.90 Å². The Balaban J connectivity index is 1.48. The van der Waals surface area contributed by atoms with Crippen LogP contribution in [0, 0.1) is 0 Å². The van der Waals surface area contributed by atoms with Gasteiger partial charge in [-0.25, -0.2) is 8.42 Å². The minimum atomic E-state index is -3.85. The molecule has 2 amide bonds. The average molecular weight is 439 g/mol. The summed E-state index contributed by atoms with van der Waals surface area (Å²) in [7, 11) is -3.85. The number of nitrogens with one attached hydrogen (secondary N) is 1. The topological polar surface area (TPSA) is 99.7 Å². The molecule has 1 aliphatic rings. The number of benzene rings is 2. The molecule has 1 fully saturated rings. The maximum Gasteiger partial charge on any atom is 0.264 e. The first-order valence-corrected chi connectivity index (χ1v) is 11.3. The molecular weight excluding hydrogens is 416 g/mol. The fraction of sp³-hybridized carbons (Fsp3) is 0.227. The molecule has 0 aliphatic carbocycles. The second-order valence-corrected chi connectivity index (χ2v) is 8.96. The van der Waals surface area contributed by atoms with Crippen molar-refractivity contribution < 1.29 is 18.0 Å². The minimum absolute atomic E-state index is 0.00475. The van der Waals surface area contributed by atoms with E-state index in [1.807, 2.05) is 0 Å². The fourth-order valence-electron chi connectivity index (χ4n) is 3.59. The van der Waals surface area contributed by atoms with Gasteiger partial charge in [0, 0.05) is 55.9 Å². The van der Waals surface area contributed by atoms with E-state index in [-0.39, 0.29) is 16.7 Å². The quantitative estimate of drug-likeness (QED) is 0.674. The summed E-state index contributed by atoms with van der Waals surface area (Å²) in [5.41, 5.74) is 1.21. The van der Waals surface area contributed by atoms with E-state index in [0.717, 1.165) is 5.39 Å². The first kappa shape index (κ1) is 20.8. The number of fused-ring (bicyclic) bond motifs is 1. The summed E-state index contributed by atoms with van der Waals surface area (Å²) in [6.07, 6.45) is 1.55. The predicted molar refractivity (Wildman–Crippen MR) is 117 cm³/mol. The zero-order valence-electron chi connectivity index (χ0n) is 17.0. The van der Waals surface area contributed by atoms with E-state index >= 15 is 0 Å². The van der Waals surface area contributed by atoms with Gasteiger partial charge in [0.25, 0.3) is 15.9 Å². The monoisotopic (exact) mass is 438 g/mol. The van der Waals surface area contributed by atoms with Crippen LogP contribution in [0.2, 0.25) is 0 Å². The van der Waals surface area contributed by atoms with Gasteiger partial charge >= 0.3 is 0 Å². The van der Waals surface area contributed by atoms with Gasteiger partial charge in [-0.2, -0.15) is 0 Å². The molecule has 1 aromatic heterocycles. The van der Waals surface area contributed by atoms with Gasteiger partial charge in [0.15, 0.2) is 0 Å². The number of amides is 2. The van der Waals surface area contributed by atoms with Crippen LogP contribution < -0.4 is 4.72 Å². The van der Waals surface area contributed by atoms with Gasteiger partial charge in [-0.05, 0) is 36.4 Å². The molecule has 0 spiro atoms. The normalized spacial score (nSPS) is 14.5. The molecule has 4 rings (SSSR count). The lowest BCUT2D eigenvalue weighted by Gasteiger charge is -2.34. The van der Waals surface area contributed by atoms with Crippen LogP contribution in [0.5, 0.6) is 0 Å². The SMILES string of the molecule is CC(=O)N1CCN(C(=O)c2ccc(NS(=O)(=O)c3cccc4cccnc34)cc2)CC1. The largest absolute Gasteiger partial charge is 0.339 e. The van der Waals surface area contributed by atoms with Crippen molar-refractivity contribution in [3.05, 3.63) is 66.4 Å². The molecular formula is C22H22N4O4S. The Morgan fingerprint density at radius 1 is 0.903 bits per heavy atom. The number of sulfonamides is 1. The standard InChI is InChI=1S/C22H22N4O4S/c1-16(27)25-12-14-26(15-13-25)22(28)18-7-9-19(10-8-18)24-31(29,30)20-6-2-4-17-5-3-11-23-21(17)20/h2-11,24H,12-15H2,1H3. The smallest absolute Gasteiger partial charge is 0.264 e. The highest BCUT2D eigenvalue weighted by atomic mass is 32.2. The third-order valence-electron chi connectivity index (χ3n) is 5.28. The van der Waals surface area contributed by atoms with Gasteiger partial charge in [0.05, 0.1) is 5.52 Å². The predicted octanol–water partition coefficient (Wildman–Crippen LogP) is 2.34. The molecule has 3 aromatic rings. The average Bonchev–Trinajstić information content (AvgIpc) is 2.78. The number of carbonyl (C=O) groups is 2. The molecule has 31 heavy (non-hydrogen) atoms. The van der Waals surface area contributed by atoms with Crippen LogP contribution in [-0.2, 0) is 14.8 Å². The molecule has 1 saturated heterocycles. The van der Waals surface area contributed by atoms with E-state index < -0.39 is 10.0 Å². The Bertz CT molecular complexity index is 1230. The summed E-state index contributed by atoms with van der Waals surface area (Å²) in [6.45, 7) is 3.49. The highest BCUT2D eigenvalue weighted by Crippen LogP contribution is 2.23. The zero-order valence-corrected chi connectivity index (χ0v) is 17.8. The van der Waals surface area contributed by atoms with Crippen molar-refractivity contribution in [1.29, 1.82) is 0 Å². The molecule has 8 nitrogen and oxygen atoms in total. The van der Waals surface area contributed by atoms with Gasteiger partial charge < -0.3 is 9.80 Å². The van der Waals surface area contributed by atoms with Gasteiger partial charge in [-0.1, -0.05) is 18.2 Å². The number of hydrogen-bond donors (Lipinski definition) is 1. The molecule has 0 saturated carbocycles. The summed E-state index contributed by atoms with van der Waals surface area (Å²) in [5.74, 6) is -0.138. The third-order valence-corrected chi connectivity index (χ3v) is 6.69. The Hall–Kier alpha value is -3.46. The van der Waals surface area contributed by atoms with Crippen LogP contribution in [-0.4, -0.2) is 61.2 Å². The van der Waals surface area contributed by atoms with E-state index in [9.17, 15) is 18.0 Å². The summed E-state index contributed by atoms with van der Waals surface area (Å²) in [6, 6.07) is 14.9. The maximum absolute atomic E-state index is 12.9. The first-order chi connectivity index (χ1) is 14.8. The van der Waals surface area contributed by atoms with Crippen molar-refractivity contribution in [1.82, 2.24) is 14.8 Å². The fourth-order valence-corrected chi connectivity index (χ4v) is 4.83. The van der Waals surface area contributed by atoms with Crippen molar-refractivity contribution in [2.24, 2.45) is 0 Å². The number of aromatic nitrogens is 1. The zero-order chi connectivity index (χ0) is 22.0. The number of anilines is 1. The van der Waals surface area contributed by atoms with Crippen molar-refractivity contribution in [3.8, 4) is 0 Å². The molecule has 2 heterocycles. The lowest BCUT2D eigenvalue weighted by Crippen LogP contribution is -2.50.